The Morgan fingerprint density at radius 3 is 2.59 bits per heavy atom. The van der Waals surface area contributed by atoms with Crippen LogP contribution in [0.2, 0.25) is 0 Å². The molecule has 5 aromatic rings. The predicted octanol–water partition coefficient (Wildman–Crippen LogP) is 4.21. The molecule has 0 bridgehead atoms. The maximum Gasteiger partial charge on any atom is 0.145 e. The minimum Gasteiger partial charge on any atom is -0.393 e. The number of rotatable bonds is 4. The standard InChI is InChI=1S/C26H22N4O2/c31-16-26(32)13-20(14-26)24-23-15-27-10-11-30(23)25(29-24)19-7-6-18-8-9-21(28-22(18)12-19)17-4-2-1-3-5-17/h1-12,15,20,31-32H,13-14,16H2. The van der Waals surface area contributed by atoms with Crippen LogP contribution >= 0.6 is 0 Å². The van der Waals surface area contributed by atoms with Gasteiger partial charge >= 0.3 is 0 Å². The minimum absolute atomic E-state index is 0.100. The van der Waals surface area contributed by atoms with Gasteiger partial charge in [0.05, 0.1) is 40.8 Å². The van der Waals surface area contributed by atoms with E-state index in [1.807, 2.05) is 41.1 Å². The number of aliphatic hydroxyl groups is 2. The molecular weight excluding hydrogens is 400 g/mol. The molecule has 2 N–H and O–H groups in total. The summed E-state index contributed by atoms with van der Waals surface area (Å²) < 4.78 is 2.04. The molecule has 1 aliphatic carbocycles. The van der Waals surface area contributed by atoms with Crippen molar-refractivity contribution in [2.75, 3.05) is 6.61 Å². The summed E-state index contributed by atoms with van der Waals surface area (Å²) in [6, 6.07) is 20.5. The molecule has 0 unspecified atom stereocenters. The highest BCUT2D eigenvalue weighted by Gasteiger charge is 2.44. The topological polar surface area (TPSA) is 83.5 Å². The number of pyridine rings is 1. The van der Waals surface area contributed by atoms with Gasteiger partial charge in [-0.2, -0.15) is 0 Å². The molecule has 32 heavy (non-hydrogen) atoms. The Morgan fingerprint density at radius 2 is 1.78 bits per heavy atom. The lowest BCUT2D eigenvalue weighted by Gasteiger charge is -2.41. The Bertz CT molecular complexity index is 1440. The molecule has 158 valence electrons. The zero-order valence-corrected chi connectivity index (χ0v) is 17.4. The van der Waals surface area contributed by atoms with Crippen LogP contribution in [0.3, 0.4) is 0 Å². The summed E-state index contributed by atoms with van der Waals surface area (Å²) in [5, 5.41) is 20.8. The third-order valence-corrected chi connectivity index (χ3v) is 6.43. The summed E-state index contributed by atoms with van der Waals surface area (Å²) in [5.41, 5.74) is 4.75. The first-order chi connectivity index (χ1) is 15.6. The van der Waals surface area contributed by atoms with E-state index >= 15 is 0 Å². The number of fused-ring (bicyclic) bond motifs is 2. The van der Waals surface area contributed by atoms with Crippen molar-refractivity contribution in [1.29, 1.82) is 0 Å². The van der Waals surface area contributed by atoms with Gasteiger partial charge in [0, 0.05) is 34.8 Å². The molecule has 1 fully saturated rings. The first kappa shape index (κ1) is 19.1. The highest BCUT2D eigenvalue weighted by atomic mass is 16.3. The van der Waals surface area contributed by atoms with E-state index in [0.717, 1.165) is 44.8 Å². The Balaban J connectivity index is 1.45. The number of aliphatic hydroxyl groups excluding tert-OH is 1. The second-order valence-electron chi connectivity index (χ2n) is 8.61. The maximum atomic E-state index is 10.3. The molecule has 0 spiro atoms. The van der Waals surface area contributed by atoms with Gasteiger partial charge in [-0.05, 0) is 25.0 Å². The largest absolute Gasteiger partial charge is 0.393 e. The van der Waals surface area contributed by atoms with E-state index in [1.54, 1.807) is 6.20 Å². The number of hydrogen-bond acceptors (Lipinski definition) is 5. The van der Waals surface area contributed by atoms with Crippen LogP contribution < -0.4 is 0 Å². The van der Waals surface area contributed by atoms with E-state index in [9.17, 15) is 10.2 Å². The molecule has 1 saturated carbocycles. The van der Waals surface area contributed by atoms with Crippen LogP contribution in [0.1, 0.15) is 24.5 Å². The molecular formula is C26H22N4O2. The van der Waals surface area contributed by atoms with E-state index in [-0.39, 0.29) is 12.5 Å². The zero-order valence-electron chi connectivity index (χ0n) is 17.4. The van der Waals surface area contributed by atoms with E-state index in [1.165, 1.54) is 0 Å². The Labute approximate surface area is 184 Å². The number of aromatic nitrogens is 4. The van der Waals surface area contributed by atoms with Crippen LogP contribution in [0.5, 0.6) is 0 Å². The minimum atomic E-state index is -0.996. The first-order valence-electron chi connectivity index (χ1n) is 10.8. The molecule has 6 rings (SSSR count). The van der Waals surface area contributed by atoms with E-state index in [4.69, 9.17) is 9.97 Å². The lowest BCUT2D eigenvalue weighted by Crippen LogP contribution is -2.45. The summed E-state index contributed by atoms with van der Waals surface area (Å²) >= 11 is 0. The molecule has 2 aromatic carbocycles. The Morgan fingerprint density at radius 1 is 0.969 bits per heavy atom. The molecule has 6 heteroatoms. The van der Waals surface area contributed by atoms with Gasteiger partial charge in [0.15, 0.2) is 0 Å². The number of benzene rings is 2. The summed E-state index contributed by atoms with van der Waals surface area (Å²) in [7, 11) is 0. The number of hydrogen-bond donors (Lipinski definition) is 2. The van der Waals surface area contributed by atoms with Crippen molar-refractivity contribution in [1.82, 2.24) is 19.4 Å². The third kappa shape index (κ3) is 3.07. The first-order valence-corrected chi connectivity index (χ1v) is 10.8. The second-order valence-corrected chi connectivity index (χ2v) is 8.61. The van der Waals surface area contributed by atoms with E-state index < -0.39 is 5.60 Å². The second kappa shape index (κ2) is 7.22. The highest BCUT2D eigenvalue weighted by Crippen LogP contribution is 2.45. The predicted molar refractivity (Wildman–Crippen MR) is 123 cm³/mol. The van der Waals surface area contributed by atoms with Crippen LogP contribution in [0, 0.1) is 0 Å². The van der Waals surface area contributed by atoms with Crippen molar-refractivity contribution >= 4 is 16.4 Å². The quantitative estimate of drug-likeness (QED) is 0.453. The van der Waals surface area contributed by atoms with Crippen LogP contribution in [0.4, 0.5) is 0 Å². The molecule has 0 radical (unpaired) electrons. The molecule has 3 aromatic heterocycles. The summed E-state index contributed by atoms with van der Waals surface area (Å²) in [4.78, 5) is 14.2. The van der Waals surface area contributed by atoms with Gasteiger partial charge < -0.3 is 10.2 Å². The Hall–Kier alpha value is -3.61. The van der Waals surface area contributed by atoms with Gasteiger partial charge in [0.1, 0.15) is 5.82 Å². The van der Waals surface area contributed by atoms with Crippen molar-refractivity contribution < 1.29 is 10.2 Å². The fourth-order valence-corrected chi connectivity index (χ4v) is 4.67. The lowest BCUT2D eigenvalue weighted by atomic mass is 9.70. The van der Waals surface area contributed by atoms with Crippen LogP contribution in [-0.4, -0.2) is 41.8 Å². The van der Waals surface area contributed by atoms with Gasteiger partial charge in [-0.3, -0.25) is 9.38 Å². The lowest BCUT2D eigenvalue weighted by molar-refractivity contribution is -0.0870. The van der Waals surface area contributed by atoms with Crippen molar-refractivity contribution in [2.45, 2.75) is 24.4 Å². The molecule has 0 saturated heterocycles. The molecule has 1 aliphatic rings. The average Bonchev–Trinajstić information content (AvgIpc) is 3.21. The van der Waals surface area contributed by atoms with Crippen LogP contribution in [0.25, 0.3) is 39.1 Å². The average molecular weight is 422 g/mol. The van der Waals surface area contributed by atoms with Crippen LogP contribution in [0.15, 0.2) is 79.3 Å². The van der Waals surface area contributed by atoms with Crippen molar-refractivity contribution in [2.24, 2.45) is 0 Å². The van der Waals surface area contributed by atoms with Gasteiger partial charge in [-0.15, -0.1) is 0 Å². The van der Waals surface area contributed by atoms with Crippen LogP contribution in [-0.2, 0) is 0 Å². The molecule has 0 atom stereocenters. The summed E-state index contributed by atoms with van der Waals surface area (Å²) in [6.07, 6.45) is 6.49. The fourth-order valence-electron chi connectivity index (χ4n) is 4.67. The van der Waals surface area contributed by atoms with Gasteiger partial charge in [-0.1, -0.05) is 48.5 Å². The Kier molecular flexibility index (Phi) is 4.31. The normalized spacial score (nSPS) is 20.5. The number of nitrogens with zero attached hydrogens (tertiary/aromatic N) is 4. The van der Waals surface area contributed by atoms with E-state index in [2.05, 4.69) is 41.4 Å². The summed E-state index contributed by atoms with van der Waals surface area (Å²) in [6.45, 7) is -0.222. The third-order valence-electron chi connectivity index (χ3n) is 6.43. The zero-order chi connectivity index (χ0) is 21.7. The molecule has 3 heterocycles. The molecule has 0 amide bonds. The van der Waals surface area contributed by atoms with Gasteiger partial charge in [0.25, 0.3) is 0 Å². The van der Waals surface area contributed by atoms with E-state index in [0.29, 0.717) is 12.8 Å². The van der Waals surface area contributed by atoms with Crippen molar-refractivity contribution in [3.8, 4) is 22.6 Å². The van der Waals surface area contributed by atoms with Crippen molar-refractivity contribution in [3.05, 3.63) is 84.9 Å². The maximum absolute atomic E-state index is 10.3. The summed E-state index contributed by atoms with van der Waals surface area (Å²) in [5.74, 6) is 0.925. The molecule has 0 aliphatic heterocycles. The fraction of sp³-hybridized carbons (Fsp3) is 0.192. The number of imidazole rings is 1. The smallest absolute Gasteiger partial charge is 0.145 e. The molecule has 6 nitrogen and oxygen atoms in total. The van der Waals surface area contributed by atoms with Gasteiger partial charge in [0.2, 0.25) is 0 Å². The van der Waals surface area contributed by atoms with Gasteiger partial charge in [-0.25, -0.2) is 9.97 Å². The van der Waals surface area contributed by atoms with Crippen molar-refractivity contribution in [3.63, 3.8) is 0 Å². The highest BCUT2D eigenvalue weighted by molar-refractivity contribution is 5.85. The SMILES string of the molecule is OCC1(O)CC(c2nc(-c3ccc4ccc(-c5ccccc5)nc4c3)n3ccncc23)C1. The monoisotopic (exact) mass is 422 g/mol.